The van der Waals surface area contributed by atoms with Crippen molar-refractivity contribution < 1.29 is 15.0 Å². The third-order valence-corrected chi connectivity index (χ3v) is 6.69. The Labute approximate surface area is 247 Å². The van der Waals surface area contributed by atoms with Gasteiger partial charge in [0.2, 0.25) is 5.91 Å². The molecule has 2 atom stereocenters. The Morgan fingerprint density at radius 2 is 1.12 bits per heavy atom. The summed E-state index contributed by atoms with van der Waals surface area (Å²) < 4.78 is 0. The summed E-state index contributed by atoms with van der Waals surface area (Å²) in [5.74, 6) is -0.159. The van der Waals surface area contributed by atoms with E-state index in [1.807, 2.05) is 12.2 Å². The highest BCUT2D eigenvalue weighted by atomic mass is 16.3. The minimum atomic E-state index is -0.891. The number of hydrogen-bond donors (Lipinski definition) is 3. The lowest BCUT2D eigenvalue weighted by molar-refractivity contribution is -0.122. The highest BCUT2D eigenvalue weighted by Gasteiger charge is 2.17. The molecule has 0 aromatic rings. The number of aliphatic hydroxyl groups excluding tert-OH is 2. The largest absolute Gasteiger partial charge is 0.394 e. The Kier molecular flexibility index (Phi) is 29.7. The van der Waals surface area contributed by atoms with Crippen molar-refractivity contribution in [2.75, 3.05) is 6.61 Å². The van der Waals surface area contributed by atoms with E-state index in [0.717, 1.165) is 44.9 Å². The molecular formula is C36H61NO3. The maximum absolute atomic E-state index is 12.2. The predicted octanol–water partition coefficient (Wildman–Crippen LogP) is 9.22. The second-order valence-corrected chi connectivity index (χ2v) is 10.5. The van der Waals surface area contributed by atoms with Gasteiger partial charge in [-0.3, -0.25) is 4.79 Å². The molecular weight excluding hydrogens is 494 g/mol. The molecule has 0 radical (unpaired) electrons. The number of nitrogens with one attached hydrogen (secondary N) is 1. The molecule has 0 saturated carbocycles. The molecule has 3 N–H and O–H groups in total. The van der Waals surface area contributed by atoms with Crippen molar-refractivity contribution in [3.05, 3.63) is 72.9 Å². The van der Waals surface area contributed by atoms with Crippen molar-refractivity contribution in [2.24, 2.45) is 0 Å². The van der Waals surface area contributed by atoms with Gasteiger partial charge in [0.05, 0.1) is 18.8 Å². The molecule has 0 fully saturated rings. The quantitative estimate of drug-likeness (QED) is 0.0699. The van der Waals surface area contributed by atoms with Gasteiger partial charge < -0.3 is 15.5 Å². The number of aliphatic hydroxyl groups is 2. The molecule has 40 heavy (non-hydrogen) atoms. The maximum atomic E-state index is 12.2. The molecule has 0 aliphatic heterocycles. The van der Waals surface area contributed by atoms with E-state index >= 15 is 0 Å². The lowest BCUT2D eigenvalue weighted by Gasteiger charge is -2.19. The standard InChI is InChI=1S/C36H61NO3/c1-3-5-7-9-11-13-15-17-18-20-21-23-25-27-29-31-35(39)34(33-38)37-36(40)32-30-28-26-24-22-19-16-14-12-10-8-6-4-2/h6,8,12,14,19,21-23,26,28-29,31,34-35,38-39H,3-5,7,9-11,13,15-18,20,24-25,27,30,32-33H2,1-2H3,(H,37,40)/b8-6-,14-12-,22-19-,23-21+,28-26-,31-29+. The molecule has 4 heteroatoms. The molecule has 1 amide bonds. The van der Waals surface area contributed by atoms with E-state index in [9.17, 15) is 15.0 Å². The molecule has 228 valence electrons. The van der Waals surface area contributed by atoms with E-state index in [-0.39, 0.29) is 12.5 Å². The monoisotopic (exact) mass is 555 g/mol. The molecule has 0 heterocycles. The minimum Gasteiger partial charge on any atom is -0.394 e. The summed E-state index contributed by atoms with van der Waals surface area (Å²) in [5, 5.41) is 22.7. The van der Waals surface area contributed by atoms with Gasteiger partial charge >= 0.3 is 0 Å². The smallest absolute Gasteiger partial charge is 0.220 e. The molecule has 0 spiro atoms. The second-order valence-electron chi connectivity index (χ2n) is 10.5. The van der Waals surface area contributed by atoms with Gasteiger partial charge in [-0.2, -0.15) is 0 Å². The van der Waals surface area contributed by atoms with E-state index < -0.39 is 12.1 Å². The van der Waals surface area contributed by atoms with Crippen LogP contribution in [-0.2, 0) is 4.79 Å². The van der Waals surface area contributed by atoms with Crippen LogP contribution in [0, 0.1) is 0 Å². The molecule has 0 aliphatic rings. The van der Waals surface area contributed by atoms with Gasteiger partial charge in [-0.15, -0.1) is 0 Å². The van der Waals surface area contributed by atoms with Crippen molar-refractivity contribution in [2.45, 2.75) is 142 Å². The van der Waals surface area contributed by atoms with Crippen LogP contribution in [0.25, 0.3) is 0 Å². The molecule has 0 bridgehead atoms. The van der Waals surface area contributed by atoms with E-state index in [1.54, 1.807) is 6.08 Å². The van der Waals surface area contributed by atoms with Gasteiger partial charge in [0, 0.05) is 6.42 Å². The van der Waals surface area contributed by atoms with Crippen molar-refractivity contribution in [1.82, 2.24) is 5.32 Å². The SMILES string of the molecule is CC/C=C\C/C=C\C/C=C\C/C=C\CCC(=O)NC(CO)C(O)/C=C/CC/C=C/CCCCCCCCCCC. The highest BCUT2D eigenvalue weighted by molar-refractivity contribution is 5.76. The molecule has 0 aromatic carbocycles. The summed E-state index contributed by atoms with van der Waals surface area (Å²) in [5.41, 5.74) is 0. The minimum absolute atomic E-state index is 0.159. The Morgan fingerprint density at radius 3 is 1.73 bits per heavy atom. The van der Waals surface area contributed by atoms with E-state index in [1.165, 1.54) is 57.8 Å². The van der Waals surface area contributed by atoms with Crippen molar-refractivity contribution in [3.8, 4) is 0 Å². The summed E-state index contributed by atoms with van der Waals surface area (Å²) in [6.45, 7) is 4.11. The zero-order chi connectivity index (χ0) is 29.4. The topological polar surface area (TPSA) is 69.6 Å². The Morgan fingerprint density at radius 1 is 0.625 bits per heavy atom. The van der Waals surface area contributed by atoms with Crippen LogP contribution < -0.4 is 5.32 Å². The first-order chi connectivity index (χ1) is 19.7. The van der Waals surface area contributed by atoms with Gasteiger partial charge in [0.25, 0.3) is 0 Å². The number of allylic oxidation sites excluding steroid dienone is 11. The average molecular weight is 556 g/mol. The van der Waals surface area contributed by atoms with Crippen LogP contribution in [0.5, 0.6) is 0 Å². The Hall–Kier alpha value is -2.17. The van der Waals surface area contributed by atoms with Crippen molar-refractivity contribution >= 4 is 5.91 Å². The summed E-state index contributed by atoms with van der Waals surface area (Å²) in [7, 11) is 0. The number of unbranched alkanes of at least 4 members (excludes halogenated alkanes) is 10. The summed E-state index contributed by atoms with van der Waals surface area (Å²) in [4.78, 5) is 12.2. The number of amides is 1. The number of carbonyl (C=O) groups excluding carboxylic acids is 1. The first-order valence-corrected chi connectivity index (χ1v) is 16.2. The normalized spacial score (nSPS) is 14.2. The first kappa shape index (κ1) is 37.8. The number of rotatable bonds is 27. The third-order valence-electron chi connectivity index (χ3n) is 6.69. The molecule has 0 aliphatic carbocycles. The maximum Gasteiger partial charge on any atom is 0.220 e. The number of hydrogen-bond acceptors (Lipinski definition) is 3. The predicted molar refractivity (Wildman–Crippen MR) is 174 cm³/mol. The van der Waals surface area contributed by atoms with Crippen LogP contribution >= 0.6 is 0 Å². The fourth-order valence-corrected chi connectivity index (χ4v) is 4.20. The van der Waals surface area contributed by atoms with Crippen molar-refractivity contribution in [3.63, 3.8) is 0 Å². The van der Waals surface area contributed by atoms with Crippen LogP contribution in [0.15, 0.2) is 72.9 Å². The van der Waals surface area contributed by atoms with Gasteiger partial charge in [0.15, 0.2) is 0 Å². The van der Waals surface area contributed by atoms with E-state index in [2.05, 4.69) is 73.8 Å². The van der Waals surface area contributed by atoms with Gasteiger partial charge in [-0.25, -0.2) is 0 Å². The molecule has 2 unspecified atom stereocenters. The lowest BCUT2D eigenvalue weighted by atomic mass is 10.1. The Bertz CT molecular complexity index is 732. The zero-order valence-corrected chi connectivity index (χ0v) is 25.8. The Balaban J connectivity index is 3.87. The fourth-order valence-electron chi connectivity index (χ4n) is 4.20. The zero-order valence-electron chi connectivity index (χ0n) is 25.8. The van der Waals surface area contributed by atoms with Crippen molar-refractivity contribution in [1.29, 1.82) is 0 Å². The molecule has 4 nitrogen and oxygen atoms in total. The van der Waals surface area contributed by atoms with E-state index in [4.69, 9.17) is 0 Å². The van der Waals surface area contributed by atoms with E-state index in [0.29, 0.717) is 12.8 Å². The molecule has 0 aromatic heterocycles. The summed E-state index contributed by atoms with van der Waals surface area (Å²) in [6.07, 6.45) is 44.2. The highest BCUT2D eigenvalue weighted by Crippen LogP contribution is 2.11. The van der Waals surface area contributed by atoms with Gasteiger partial charge in [-0.1, -0.05) is 138 Å². The number of carbonyl (C=O) groups is 1. The van der Waals surface area contributed by atoms with Crippen LogP contribution in [0.4, 0.5) is 0 Å². The second kappa shape index (κ2) is 31.4. The van der Waals surface area contributed by atoms with Gasteiger partial charge in [-0.05, 0) is 57.8 Å². The van der Waals surface area contributed by atoms with Crippen LogP contribution in [0.2, 0.25) is 0 Å². The fraction of sp³-hybridized carbons (Fsp3) is 0.639. The van der Waals surface area contributed by atoms with Crippen LogP contribution in [0.1, 0.15) is 129 Å². The molecule has 0 saturated heterocycles. The lowest BCUT2D eigenvalue weighted by Crippen LogP contribution is -2.45. The first-order valence-electron chi connectivity index (χ1n) is 16.2. The average Bonchev–Trinajstić information content (AvgIpc) is 2.96. The van der Waals surface area contributed by atoms with Crippen LogP contribution in [-0.4, -0.2) is 34.9 Å². The summed E-state index contributed by atoms with van der Waals surface area (Å²) >= 11 is 0. The summed E-state index contributed by atoms with van der Waals surface area (Å²) in [6, 6.07) is -0.677. The third kappa shape index (κ3) is 27.4. The molecule has 0 rings (SSSR count). The van der Waals surface area contributed by atoms with Gasteiger partial charge in [0.1, 0.15) is 0 Å². The van der Waals surface area contributed by atoms with Crippen LogP contribution in [0.3, 0.4) is 0 Å².